The molecule has 0 aliphatic carbocycles. The standard InChI is InChI=1S/C28H37N5O4/c1-20(2)28(36)33-13-6-7-21-10-11-22(19-24(21)33)30-27(35)26(34)29-12-14-31-15-17-32(18-16-31)23-8-4-5-9-25(23)37-3/h4-5,8-11,19-20H,6-7,12-18H2,1-3H3,(H,29,34)(H,30,35). The van der Waals surface area contributed by atoms with Gasteiger partial charge >= 0.3 is 11.8 Å². The van der Waals surface area contributed by atoms with Gasteiger partial charge in [-0.25, -0.2) is 0 Å². The molecule has 4 rings (SSSR count). The minimum absolute atomic E-state index is 0.0610. The van der Waals surface area contributed by atoms with Crippen LogP contribution in [0.5, 0.6) is 5.75 Å². The molecular weight excluding hydrogens is 470 g/mol. The molecule has 0 aromatic heterocycles. The molecule has 1 saturated heterocycles. The van der Waals surface area contributed by atoms with Gasteiger partial charge in [-0.3, -0.25) is 19.3 Å². The van der Waals surface area contributed by atoms with Crippen LogP contribution in [0.25, 0.3) is 0 Å². The van der Waals surface area contributed by atoms with Crippen molar-refractivity contribution in [3.05, 3.63) is 48.0 Å². The molecule has 0 unspecified atom stereocenters. The number of carbonyl (C=O) groups excluding carboxylic acids is 3. The zero-order valence-corrected chi connectivity index (χ0v) is 22.0. The molecule has 2 aromatic rings. The van der Waals surface area contributed by atoms with Crippen LogP contribution in [0.3, 0.4) is 0 Å². The van der Waals surface area contributed by atoms with Gasteiger partial charge in [0.2, 0.25) is 5.91 Å². The Morgan fingerprint density at radius 2 is 1.70 bits per heavy atom. The minimum Gasteiger partial charge on any atom is -0.495 e. The summed E-state index contributed by atoms with van der Waals surface area (Å²) in [6.07, 6.45) is 1.80. The summed E-state index contributed by atoms with van der Waals surface area (Å²) in [6.45, 7) is 8.94. The molecule has 0 radical (unpaired) electrons. The average Bonchev–Trinajstić information content (AvgIpc) is 2.92. The predicted octanol–water partition coefficient (Wildman–Crippen LogP) is 2.51. The number of para-hydroxylation sites is 2. The first-order valence-electron chi connectivity index (χ1n) is 13.0. The van der Waals surface area contributed by atoms with Crippen LogP contribution in [0, 0.1) is 5.92 Å². The van der Waals surface area contributed by atoms with Crippen molar-refractivity contribution in [2.24, 2.45) is 5.92 Å². The number of ether oxygens (including phenoxy) is 1. The van der Waals surface area contributed by atoms with Gasteiger partial charge in [-0.1, -0.05) is 32.0 Å². The number of nitrogens with one attached hydrogen (secondary N) is 2. The maximum absolute atomic E-state index is 12.6. The lowest BCUT2D eigenvalue weighted by Crippen LogP contribution is -2.49. The molecule has 3 amide bonds. The van der Waals surface area contributed by atoms with Gasteiger partial charge in [0.1, 0.15) is 5.75 Å². The van der Waals surface area contributed by atoms with Crippen molar-refractivity contribution in [1.82, 2.24) is 10.2 Å². The molecule has 0 atom stereocenters. The number of fused-ring (bicyclic) bond motifs is 1. The van der Waals surface area contributed by atoms with E-state index in [0.717, 1.165) is 61.7 Å². The number of hydrogen-bond donors (Lipinski definition) is 2. The van der Waals surface area contributed by atoms with E-state index in [9.17, 15) is 14.4 Å². The van der Waals surface area contributed by atoms with Crippen molar-refractivity contribution in [2.45, 2.75) is 26.7 Å². The molecular formula is C28H37N5O4. The Labute approximate surface area is 218 Å². The third-order valence-electron chi connectivity index (χ3n) is 6.94. The highest BCUT2D eigenvalue weighted by Crippen LogP contribution is 2.31. The van der Waals surface area contributed by atoms with E-state index in [0.29, 0.717) is 25.3 Å². The lowest BCUT2D eigenvalue weighted by atomic mass is 9.99. The van der Waals surface area contributed by atoms with Crippen molar-refractivity contribution in [1.29, 1.82) is 0 Å². The van der Waals surface area contributed by atoms with Crippen molar-refractivity contribution in [3.63, 3.8) is 0 Å². The number of amides is 3. The second-order valence-electron chi connectivity index (χ2n) is 9.80. The lowest BCUT2D eigenvalue weighted by molar-refractivity contribution is -0.136. The predicted molar refractivity (Wildman–Crippen MR) is 145 cm³/mol. The maximum Gasteiger partial charge on any atom is 0.313 e. The van der Waals surface area contributed by atoms with E-state index in [1.165, 1.54) is 0 Å². The second-order valence-corrected chi connectivity index (χ2v) is 9.80. The zero-order valence-electron chi connectivity index (χ0n) is 22.0. The van der Waals surface area contributed by atoms with Gasteiger partial charge in [0.25, 0.3) is 0 Å². The zero-order chi connectivity index (χ0) is 26.4. The lowest BCUT2D eigenvalue weighted by Gasteiger charge is -2.36. The average molecular weight is 508 g/mol. The van der Waals surface area contributed by atoms with Crippen LogP contribution in [0.15, 0.2) is 42.5 Å². The molecule has 0 spiro atoms. The highest BCUT2D eigenvalue weighted by molar-refractivity contribution is 6.39. The summed E-state index contributed by atoms with van der Waals surface area (Å²) in [5.41, 5.74) is 3.49. The summed E-state index contributed by atoms with van der Waals surface area (Å²) in [4.78, 5) is 43.9. The quantitative estimate of drug-likeness (QED) is 0.560. The number of nitrogens with zero attached hydrogens (tertiary/aromatic N) is 3. The topological polar surface area (TPSA) is 94.2 Å². The van der Waals surface area contributed by atoms with Crippen molar-refractivity contribution < 1.29 is 19.1 Å². The molecule has 37 heavy (non-hydrogen) atoms. The Hall–Kier alpha value is -3.59. The van der Waals surface area contributed by atoms with Crippen LogP contribution in [0.1, 0.15) is 25.8 Å². The van der Waals surface area contributed by atoms with E-state index in [-0.39, 0.29) is 11.8 Å². The van der Waals surface area contributed by atoms with E-state index in [4.69, 9.17) is 4.74 Å². The SMILES string of the molecule is COc1ccccc1N1CCN(CCNC(=O)C(=O)Nc2ccc3c(c2)N(C(=O)C(C)C)CCC3)CC1. The highest BCUT2D eigenvalue weighted by Gasteiger charge is 2.25. The van der Waals surface area contributed by atoms with Crippen molar-refractivity contribution >= 4 is 34.8 Å². The number of carbonyl (C=O) groups is 3. The van der Waals surface area contributed by atoms with E-state index in [1.54, 1.807) is 24.1 Å². The number of hydrogen-bond acceptors (Lipinski definition) is 6. The summed E-state index contributed by atoms with van der Waals surface area (Å²) in [5.74, 6) is -0.559. The number of rotatable bonds is 7. The van der Waals surface area contributed by atoms with E-state index >= 15 is 0 Å². The molecule has 2 aliphatic rings. The van der Waals surface area contributed by atoms with Gasteiger partial charge in [0.15, 0.2) is 0 Å². The van der Waals surface area contributed by atoms with Gasteiger partial charge in [0, 0.05) is 63.1 Å². The van der Waals surface area contributed by atoms with Gasteiger partial charge in [0.05, 0.1) is 12.8 Å². The normalized spacial score (nSPS) is 15.8. The first kappa shape index (κ1) is 26.5. The first-order valence-corrected chi connectivity index (χ1v) is 13.0. The number of anilines is 3. The van der Waals surface area contributed by atoms with E-state index in [2.05, 4.69) is 26.5 Å². The third-order valence-corrected chi connectivity index (χ3v) is 6.94. The Morgan fingerprint density at radius 3 is 2.43 bits per heavy atom. The summed E-state index contributed by atoms with van der Waals surface area (Å²) in [7, 11) is 1.68. The molecule has 1 fully saturated rings. The summed E-state index contributed by atoms with van der Waals surface area (Å²) < 4.78 is 5.48. The van der Waals surface area contributed by atoms with Gasteiger partial charge in [-0.2, -0.15) is 0 Å². The van der Waals surface area contributed by atoms with Crippen LogP contribution in [0.4, 0.5) is 17.1 Å². The van der Waals surface area contributed by atoms with Crippen LogP contribution in [-0.2, 0) is 20.8 Å². The molecule has 198 valence electrons. The van der Waals surface area contributed by atoms with Crippen LogP contribution in [0.2, 0.25) is 0 Å². The molecule has 2 aromatic carbocycles. The minimum atomic E-state index is -0.710. The fraction of sp³-hybridized carbons (Fsp3) is 0.464. The molecule has 0 saturated carbocycles. The Morgan fingerprint density at radius 1 is 0.946 bits per heavy atom. The van der Waals surface area contributed by atoms with Crippen LogP contribution < -0.4 is 25.2 Å². The smallest absolute Gasteiger partial charge is 0.313 e. The molecule has 2 aliphatic heterocycles. The molecule has 9 heteroatoms. The number of methoxy groups -OCH3 is 1. The Kier molecular flexibility index (Phi) is 8.66. The Bertz CT molecular complexity index is 1130. The fourth-order valence-electron chi connectivity index (χ4n) is 4.89. The first-order chi connectivity index (χ1) is 17.9. The Balaban J connectivity index is 1.24. The van der Waals surface area contributed by atoms with Gasteiger partial charge in [-0.15, -0.1) is 0 Å². The maximum atomic E-state index is 12.6. The molecule has 2 N–H and O–H groups in total. The van der Waals surface area contributed by atoms with E-state index in [1.807, 2.05) is 38.1 Å². The largest absolute Gasteiger partial charge is 0.495 e. The van der Waals surface area contributed by atoms with Crippen molar-refractivity contribution in [3.8, 4) is 5.75 Å². The summed E-state index contributed by atoms with van der Waals surface area (Å²) >= 11 is 0. The number of piperazine rings is 1. The molecule has 2 heterocycles. The molecule has 0 bridgehead atoms. The van der Waals surface area contributed by atoms with Crippen molar-refractivity contribution in [2.75, 3.05) is 68.0 Å². The monoisotopic (exact) mass is 507 g/mol. The second kappa shape index (κ2) is 12.1. The van der Waals surface area contributed by atoms with Crippen LogP contribution >= 0.6 is 0 Å². The number of benzene rings is 2. The third kappa shape index (κ3) is 6.40. The van der Waals surface area contributed by atoms with Gasteiger partial charge < -0.3 is 25.2 Å². The van der Waals surface area contributed by atoms with Gasteiger partial charge in [-0.05, 0) is 42.7 Å². The van der Waals surface area contributed by atoms with E-state index < -0.39 is 11.8 Å². The highest BCUT2D eigenvalue weighted by atomic mass is 16.5. The summed E-state index contributed by atoms with van der Waals surface area (Å²) in [5, 5.41) is 5.41. The molecule has 9 nitrogen and oxygen atoms in total. The summed E-state index contributed by atoms with van der Waals surface area (Å²) in [6, 6.07) is 13.5. The fourth-order valence-corrected chi connectivity index (χ4v) is 4.89. The van der Waals surface area contributed by atoms with Crippen LogP contribution in [-0.4, -0.2) is 75.5 Å². The number of aryl methyl sites for hydroxylation is 1.